The summed E-state index contributed by atoms with van der Waals surface area (Å²) in [6.07, 6.45) is 7.40. The number of carbonyl (C=O) groups excluding carboxylic acids is 1. The molecule has 1 saturated heterocycles. The van der Waals surface area contributed by atoms with E-state index in [0.717, 1.165) is 31.4 Å². The topological polar surface area (TPSA) is 70.5 Å². The van der Waals surface area contributed by atoms with Crippen molar-refractivity contribution in [1.82, 2.24) is 9.88 Å². The molecule has 20 heavy (non-hydrogen) atoms. The van der Waals surface area contributed by atoms with Gasteiger partial charge in [-0.3, -0.25) is 14.6 Å². The van der Waals surface area contributed by atoms with Crippen molar-refractivity contribution in [3.05, 3.63) is 30.1 Å². The van der Waals surface area contributed by atoms with E-state index in [1.54, 1.807) is 12.4 Å². The maximum atomic E-state index is 12.4. The number of likely N-dealkylation sites (tertiary alicyclic amines) is 1. The summed E-state index contributed by atoms with van der Waals surface area (Å²) in [4.78, 5) is 28.9. The van der Waals surface area contributed by atoms with Crippen LogP contribution in [0.15, 0.2) is 24.5 Å². The fourth-order valence-electron chi connectivity index (χ4n) is 2.70. The number of nitrogens with zero attached hydrogens (tertiary/aromatic N) is 2. The van der Waals surface area contributed by atoms with Gasteiger partial charge in [-0.05, 0) is 43.4 Å². The van der Waals surface area contributed by atoms with Crippen molar-refractivity contribution >= 4 is 11.9 Å². The van der Waals surface area contributed by atoms with E-state index in [1.165, 1.54) is 0 Å². The van der Waals surface area contributed by atoms with Crippen LogP contribution in [-0.4, -0.2) is 39.5 Å². The third-order valence-corrected chi connectivity index (χ3v) is 3.74. The number of amides is 1. The van der Waals surface area contributed by atoms with Crippen LogP contribution >= 0.6 is 0 Å². The standard InChI is InChI=1S/C15H20N2O3/c18-14(11-12-6-8-16-9-7-12)17-10-2-1-3-13(17)4-5-15(19)20/h6-9,13H,1-5,10-11H2,(H,19,20). The molecular weight excluding hydrogens is 256 g/mol. The van der Waals surface area contributed by atoms with Gasteiger partial charge in [0.2, 0.25) is 5.91 Å². The van der Waals surface area contributed by atoms with E-state index in [9.17, 15) is 9.59 Å². The van der Waals surface area contributed by atoms with E-state index in [-0.39, 0.29) is 18.4 Å². The van der Waals surface area contributed by atoms with Gasteiger partial charge >= 0.3 is 5.97 Å². The second kappa shape index (κ2) is 7.03. The van der Waals surface area contributed by atoms with Gasteiger partial charge in [-0.2, -0.15) is 0 Å². The Morgan fingerprint density at radius 2 is 2.05 bits per heavy atom. The highest BCUT2D eigenvalue weighted by Gasteiger charge is 2.26. The first-order valence-corrected chi connectivity index (χ1v) is 7.07. The molecule has 0 bridgehead atoms. The molecule has 1 aliphatic rings. The Labute approximate surface area is 118 Å². The summed E-state index contributed by atoms with van der Waals surface area (Å²) >= 11 is 0. The van der Waals surface area contributed by atoms with Crippen LogP contribution < -0.4 is 0 Å². The van der Waals surface area contributed by atoms with E-state index in [4.69, 9.17) is 5.11 Å². The van der Waals surface area contributed by atoms with Crippen molar-refractivity contribution in [2.24, 2.45) is 0 Å². The molecule has 5 nitrogen and oxygen atoms in total. The van der Waals surface area contributed by atoms with Crippen molar-refractivity contribution < 1.29 is 14.7 Å². The number of carboxylic acids is 1. The average molecular weight is 276 g/mol. The molecule has 1 N–H and O–H groups in total. The Kier molecular flexibility index (Phi) is 5.09. The molecule has 1 amide bonds. The first-order chi connectivity index (χ1) is 9.66. The molecule has 0 aromatic carbocycles. The SMILES string of the molecule is O=C(O)CCC1CCCCN1C(=O)Cc1ccncc1. The maximum absolute atomic E-state index is 12.4. The minimum atomic E-state index is -0.794. The molecule has 2 rings (SSSR count). The zero-order chi connectivity index (χ0) is 14.4. The molecule has 1 aliphatic heterocycles. The first kappa shape index (κ1) is 14.5. The Hall–Kier alpha value is -1.91. The van der Waals surface area contributed by atoms with Gasteiger partial charge < -0.3 is 10.0 Å². The monoisotopic (exact) mass is 276 g/mol. The number of aliphatic carboxylic acids is 1. The fraction of sp³-hybridized carbons (Fsp3) is 0.533. The van der Waals surface area contributed by atoms with Crippen molar-refractivity contribution in [2.45, 2.75) is 44.6 Å². The highest BCUT2D eigenvalue weighted by Crippen LogP contribution is 2.22. The first-order valence-electron chi connectivity index (χ1n) is 7.07. The van der Waals surface area contributed by atoms with Crippen molar-refractivity contribution in [2.75, 3.05) is 6.54 Å². The number of rotatable bonds is 5. The fourth-order valence-corrected chi connectivity index (χ4v) is 2.70. The molecule has 0 radical (unpaired) electrons. The van der Waals surface area contributed by atoms with Gasteiger partial charge in [0.15, 0.2) is 0 Å². The van der Waals surface area contributed by atoms with E-state index in [2.05, 4.69) is 4.98 Å². The summed E-state index contributed by atoms with van der Waals surface area (Å²) in [6, 6.07) is 3.76. The summed E-state index contributed by atoms with van der Waals surface area (Å²) in [5.74, 6) is -0.705. The lowest BCUT2D eigenvalue weighted by molar-refractivity contribution is -0.139. The average Bonchev–Trinajstić information content (AvgIpc) is 2.46. The number of carbonyl (C=O) groups is 2. The summed E-state index contributed by atoms with van der Waals surface area (Å²) in [6.45, 7) is 0.744. The third-order valence-electron chi connectivity index (χ3n) is 3.74. The molecule has 1 unspecified atom stereocenters. The molecule has 108 valence electrons. The van der Waals surface area contributed by atoms with Gasteiger partial charge in [-0.15, -0.1) is 0 Å². The summed E-state index contributed by atoms with van der Waals surface area (Å²) in [5, 5.41) is 8.79. The Morgan fingerprint density at radius 1 is 1.30 bits per heavy atom. The van der Waals surface area contributed by atoms with Crippen molar-refractivity contribution in [3.8, 4) is 0 Å². The predicted molar refractivity (Wildman–Crippen MR) is 74.2 cm³/mol. The zero-order valence-corrected chi connectivity index (χ0v) is 11.5. The molecule has 1 aromatic rings. The molecule has 1 atom stereocenters. The normalized spacial score (nSPS) is 18.8. The second-order valence-corrected chi connectivity index (χ2v) is 5.20. The van der Waals surface area contributed by atoms with Crippen LogP contribution in [0.3, 0.4) is 0 Å². The molecular formula is C15H20N2O3. The molecule has 0 aliphatic carbocycles. The molecule has 5 heteroatoms. The van der Waals surface area contributed by atoms with Gasteiger partial charge in [-0.1, -0.05) is 0 Å². The summed E-state index contributed by atoms with van der Waals surface area (Å²) in [5.41, 5.74) is 0.951. The van der Waals surface area contributed by atoms with Gasteiger partial charge in [0.25, 0.3) is 0 Å². The van der Waals surface area contributed by atoms with E-state index in [0.29, 0.717) is 12.8 Å². The summed E-state index contributed by atoms with van der Waals surface area (Å²) < 4.78 is 0. The van der Waals surface area contributed by atoms with Crippen LogP contribution in [-0.2, 0) is 16.0 Å². The number of pyridine rings is 1. The van der Waals surface area contributed by atoms with Gasteiger partial charge in [-0.25, -0.2) is 0 Å². The molecule has 1 aromatic heterocycles. The molecule has 2 heterocycles. The van der Waals surface area contributed by atoms with Gasteiger partial charge in [0, 0.05) is 31.4 Å². The lowest BCUT2D eigenvalue weighted by Gasteiger charge is -2.35. The molecule has 0 saturated carbocycles. The van der Waals surface area contributed by atoms with Crippen LogP contribution in [0.5, 0.6) is 0 Å². The largest absolute Gasteiger partial charge is 0.481 e. The minimum absolute atomic E-state index is 0.0780. The number of hydrogen-bond acceptors (Lipinski definition) is 3. The van der Waals surface area contributed by atoms with Crippen LogP contribution in [0.2, 0.25) is 0 Å². The van der Waals surface area contributed by atoms with Gasteiger partial charge in [0.05, 0.1) is 6.42 Å². The highest BCUT2D eigenvalue weighted by atomic mass is 16.4. The Morgan fingerprint density at radius 3 is 2.75 bits per heavy atom. The number of piperidine rings is 1. The zero-order valence-electron chi connectivity index (χ0n) is 11.5. The number of hydrogen-bond donors (Lipinski definition) is 1. The Balaban J connectivity index is 1.96. The van der Waals surface area contributed by atoms with E-state index in [1.807, 2.05) is 17.0 Å². The highest BCUT2D eigenvalue weighted by molar-refractivity contribution is 5.79. The molecule has 0 spiro atoms. The van der Waals surface area contributed by atoms with Crippen molar-refractivity contribution in [1.29, 1.82) is 0 Å². The second-order valence-electron chi connectivity index (χ2n) is 5.20. The lowest BCUT2D eigenvalue weighted by Crippen LogP contribution is -2.44. The van der Waals surface area contributed by atoms with Crippen LogP contribution in [0.25, 0.3) is 0 Å². The summed E-state index contributed by atoms with van der Waals surface area (Å²) in [7, 11) is 0. The quantitative estimate of drug-likeness (QED) is 0.891. The number of aromatic nitrogens is 1. The number of carboxylic acid groups (broad SMARTS) is 1. The van der Waals surface area contributed by atoms with Crippen LogP contribution in [0, 0.1) is 0 Å². The Bertz CT molecular complexity index is 461. The van der Waals surface area contributed by atoms with Crippen LogP contribution in [0.4, 0.5) is 0 Å². The van der Waals surface area contributed by atoms with E-state index >= 15 is 0 Å². The van der Waals surface area contributed by atoms with Gasteiger partial charge in [0.1, 0.15) is 0 Å². The third kappa shape index (κ3) is 4.05. The minimum Gasteiger partial charge on any atom is -0.481 e. The predicted octanol–water partition coefficient (Wildman–Crippen LogP) is 1.87. The lowest BCUT2D eigenvalue weighted by atomic mass is 9.97. The smallest absolute Gasteiger partial charge is 0.303 e. The van der Waals surface area contributed by atoms with E-state index < -0.39 is 5.97 Å². The maximum Gasteiger partial charge on any atom is 0.303 e. The molecule has 1 fully saturated rings. The van der Waals surface area contributed by atoms with Crippen LogP contribution in [0.1, 0.15) is 37.7 Å². The van der Waals surface area contributed by atoms with Crippen molar-refractivity contribution in [3.63, 3.8) is 0 Å².